The maximum Gasteiger partial charge on any atom is 0.289 e. The molecule has 0 fully saturated rings. The van der Waals surface area contributed by atoms with Crippen molar-refractivity contribution in [3.63, 3.8) is 0 Å². The van der Waals surface area contributed by atoms with Gasteiger partial charge in [-0.2, -0.15) is 4.68 Å². The lowest BCUT2D eigenvalue weighted by Gasteiger charge is -2.16. The number of hydrogen-bond donors (Lipinski definition) is 2. The summed E-state index contributed by atoms with van der Waals surface area (Å²) in [7, 11) is 3.96. The minimum absolute atomic E-state index is 0.0362. The molecule has 2 aromatic carbocycles. The monoisotopic (exact) mass is 379 g/mol. The number of benzene rings is 2. The van der Waals surface area contributed by atoms with E-state index in [1.165, 1.54) is 4.68 Å². The lowest BCUT2D eigenvalue weighted by molar-refractivity contribution is 0.0938. The fraction of sp³-hybridized carbons (Fsp3) is 0.286. The molecular weight excluding hydrogens is 354 g/mol. The average Bonchev–Trinajstić information content (AvgIpc) is 2.68. The Morgan fingerprint density at radius 2 is 1.82 bits per heavy atom. The summed E-state index contributed by atoms with van der Waals surface area (Å²) in [5.74, 6) is -0.352. The summed E-state index contributed by atoms with van der Waals surface area (Å²) in [5.41, 5.74) is 5.01. The molecule has 0 bridgehead atoms. The van der Waals surface area contributed by atoms with Crippen molar-refractivity contribution >= 4 is 22.5 Å². The first kappa shape index (κ1) is 19.6. The average molecular weight is 379 g/mol. The molecule has 0 atom stereocenters. The van der Waals surface area contributed by atoms with E-state index in [9.17, 15) is 9.59 Å². The van der Waals surface area contributed by atoms with Gasteiger partial charge in [0.1, 0.15) is 0 Å². The summed E-state index contributed by atoms with van der Waals surface area (Å²) in [6.07, 6.45) is 0.807. The molecule has 7 heteroatoms. The topological polar surface area (TPSA) is 79.3 Å². The predicted molar refractivity (Wildman–Crippen MR) is 112 cm³/mol. The number of carbonyl (C=O) groups is 1. The molecule has 3 rings (SSSR count). The fourth-order valence-corrected chi connectivity index (χ4v) is 2.82. The van der Waals surface area contributed by atoms with E-state index in [-0.39, 0.29) is 17.3 Å². The van der Waals surface area contributed by atoms with Gasteiger partial charge in [0.2, 0.25) is 5.82 Å². The summed E-state index contributed by atoms with van der Waals surface area (Å²) in [6.45, 7) is 3.35. The summed E-state index contributed by atoms with van der Waals surface area (Å²) in [4.78, 5) is 32.3. The van der Waals surface area contributed by atoms with Crippen molar-refractivity contribution in [3.05, 3.63) is 70.3 Å². The molecule has 0 saturated heterocycles. The van der Waals surface area contributed by atoms with Crippen LogP contribution >= 0.6 is 0 Å². The highest BCUT2D eigenvalue weighted by Gasteiger charge is 2.17. The second-order valence-electron chi connectivity index (χ2n) is 6.98. The Morgan fingerprint density at radius 3 is 2.54 bits per heavy atom. The molecular formula is C21H25N5O2. The number of hydrogen-bond acceptors (Lipinski definition) is 5. The largest absolute Gasteiger partial charge is 0.349 e. The summed E-state index contributed by atoms with van der Waals surface area (Å²) >= 11 is 0. The highest BCUT2D eigenvalue weighted by molar-refractivity contribution is 5.93. The first-order chi connectivity index (χ1) is 13.5. The third-order valence-corrected chi connectivity index (χ3v) is 4.34. The van der Waals surface area contributed by atoms with E-state index in [1.807, 2.05) is 45.3 Å². The Bertz CT molecular complexity index is 1030. The number of anilines is 1. The van der Waals surface area contributed by atoms with Gasteiger partial charge in [-0.05, 0) is 58.3 Å². The molecule has 0 saturated carbocycles. The smallest absolute Gasteiger partial charge is 0.289 e. The van der Waals surface area contributed by atoms with Crippen LogP contribution in [0, 0.1) is 6.92 Å². The molecule has 3 aromatic rings. The SMILES string of the molecule is Cc1ccc(Nn2c(C(=O)NCCCN(C)C)nc3ccccc3c2=O)cc1. The number of rotatable bonds is 7. The highest BCUT2D eigenvalue weighted by atomic mass is 16.2. The van der Waals surface area contributed by atoms with E-state index in [0.717, 1.165) is 18.5 Å². The molecule has 0 aliphatic heterocycles. The number of aryl methyl sites for hydroxylation is 1. The number of carbonyl (C=O) groups excluding carboxylic acids is 1. The van der Waals surface area contributed by atoms with Gasteiger partial charge >= 0.3 is 0 Å². The van der Waals surface area contributed by atoms with Crippen molar-refractivity contribution in [1.29, 1.82) is 0 Å². The van der Waals surface area contributed by atoms with E-state index in [2.05, 4.69) is 20.6 Å². The zero-order valence-electron chi connectivity index (χ0n) is 16.4. The van der Waals surface area contributed by atoms with Gasteiger partial charge in [0.05, 0.1) is 16.6 Å². The van der Waals surface area contributed by atoms with Crippen LogP contribution in [0.3, 0.4) is 0 Å². The summed E-state index contributed by atoms with van der Waals surface area (Å²) in [5, 5.41) is 3.30. The second-order valence-corrected chi connectivity index (χ2v) is 6.98. The van der Waals surface area contributed by atoms with Crippen molar-refractivity contribution < 1.29 is 4.79 Å². The molecule has 0 radical (unpaired) electrons. The zero-order chi connectivity index (χ0) is 20.1. The molecule has 1 amide bonds. The van der Waals surface area contributed by atoms with Crippen LogP contribution in [-0.2, 0) is 0 Å². The van der Waals surface area contributed by atoms with Crippen LogP contribution < -0.4 is 16.3 Å². The Morgan fingerprint density at radius 1 is 1.11 bits per heavy atom. The van der Waals surface area contributed by atoms with Gasteiger partial charge in [-0.3, -0.25) is 15.0 Å². The minimum Gasteiger partial charge on any atom is -0.349 e. The lowest BCUT2D eigenvalue weighted by atomic mass is 10.2. The molecule has 0 aliphatic carbocycles. The normalized spacial score (nSPS) is 11.0. The molecule has 146 valence electrons. The van der Waals surface area contributed by atoms with Crippen LogP contribution in [0.2, 0.25) is 0 Å². The fourth-order valence-electron chi connectivity index (χ4n) is 2.82. The quantitative estimate of drug-likeness (QED) is 0.616. The van der Waals surface area contributed by atoms with E-state index in [4.69, 9.17) is 0 Å². The lowest BCUT2D eigenvalue weighted by Crippen LogP contribution is -2.37. The van der Waals surface area contributed by atoms with Crippen molar-refractivity contribution in [2.24, 2.45) is 0 Å². The number of nitrogens with one attached hydrogen (secondary N) is 2. The zero-order valence-corrected chi connectivity index (χ0v) is 16.4. The van der Waals surface area contributed by atoms with Crippen LogP contribution in [0.4, 0.5) is 5.69 Å². The van der Waals surface area contributed by atoms with E-state index in [1.54, 1.807) is 24.3 Å². The molecule has 7 nitrogen and oxygen atoms in total. The van der Waals surface area contributed by atoms with Crippen LogP contribution in [0.25, 0.3) is 10.9 Å². The first-order valence-electron chi connectivity index (χ1n) is 9.24. The van der Waals surface area contributed by atoms with Crippen molar-refractivity contribution in [1.82, 2.24) is 19.9 Å². The number of amides is 1. The Hall–Kier alpha value is -3.19. The molecule has 28 heavy (non-hydrogen) atoms. The molecule has 0 aliphatic rings. The number of nitrogens with zero attached hydrogens (tertiary/aromatic N) is 3. The summed E-state index contributed by atoms with van der Waals surface area (Å²) < 4.78 is 1.22. The van der Waals surface area contributed by atoms with Gasteiger partial charge in [0, 0.05) is 6.54 Å². The standard InChI is InChI=1S/C21H25N5O2/c1-15-9-11-16(12-10-15)24-26-19(20(27)22-13-6-14-25(2)3)23-18-8-5-4-7-17(18)21(26)28/h4-5,7-12,24H,6,13-14H2,1-3H3,(H,22,27). The van der Waals surface area contributed by atoms with Crippen LogP contribution in [0.5, 0.6) is 0 Å². The van der Waals surface area contributed by atoms with Crippen molar-refractivity contribution in [3.8, 4) is 0 Å². The van der Waals surface area contributed by atoms with Crippen LogP contribution in [-0.4, -0.2) is 47.7 Å². The minimum atomic E-state index is -0.388. The number of aromatic nitrogens is 2. The Balaban J connectivity index is 1.95. The summed E-state index contributed by atoms with van der Waals surface area (Å²) in [6, 6.07) is 14.6. The molecule has 0 spiro atoms. The van der Waals surface area contributed by atoms with Gasteiger partial charge in [-0.1, -0.05) is 29.8 Å². The van der Waals surface area contributed by atoms with E-state index >= 15 is 0 Å². The van der Waals surface area contributed by atoms with Gasteiger partial charge < -0.3 is 10.2 Å². The van der Waals surface area contributed by atoms with Gasteiger partial charge in [-0.25, -0.2) is 4.98 Å². The second kappa shape index (κ2) is 8.67. The molecule has 1 aromatic heterocycles. The van der Waals surface area contributed by atoms with Crippen molar-refractivity contribution in [2.75, 3.05) is 32.6 Å². The van der Waals surface area contributed by atoms with Gasteiger partial charge in [0.15, 0.2) is 0 Å². The highest BCUT2D eigenvalue weighted by Crippen LogP contribution is 2.12. The van der Waals surface area contributed by atoms with Gasteiger partial charge in [-0.15, -0.1) is 0 Å². The maximum atomic E-state index is 13.0. The predicted octanol–water partition coefficient (Wildman–Crippen LogP) is 2.26. The molecule has 2 N–H and O–H groups in total. The number of para-hydroxylation sites is 1. The number of fused-ring (bicyclic) bond motifs is 1. The molecule has 0 unspecified atom stereocenters. The molecule has 1 heterocycles. The van der Waals surface area contributed by atoms with Gasteiger partial charge in [0.25, 0.3) is 11.5 Å². The van der Waals surface area contributed by atoms with E-state index < -0.39 is 0 Å². The van der Waals surface area contributed by atoms with Crippen LogP contribution in [0.15, 0.2) is 53.3 Å². The van der Waals surface area contributed by atoms with Crippen LogP contribution in [0.1, 0.15) is 22.6 Å². The maximum absolute atomic E-state index is 13.0. The third kappa shape index (κ3) is 4.55. The van der Waals surface area contributed by atoms with E-state index in [0.29, 0.717) is 23.1 Å². The third-order valence-electron chi connectivity index (χ3n) is 4.34. The van der Waals surface area contributed by atoms with Crippen molar-refractivity contribution in [2.45, 2.75) is 13.3 Å². The Labute approximate surface area is 164 Å². The Kier molecular flexibility index (Phi) is 6.06. The first-order valence-corrected chi connectivity index (χ1v) is 9.24.